The average Bonchev–Trinajstić information content (AvgIpc) is 2.92. The molecule has 10 heteroatoms. The van der Waals surface area contributed by atoms with Crippen LogP contribution < -0.4 is 10.6 Å². The van der Waals surface area contributed by atoms with Crippen LogP contribution in [0.2, 0.25) is 0 Å². The van der Waals surface area contributed by atoms with Gasteiger partial charge in [-0.1, -0.05) is 0 Å². The molecule has 1 aromatic heterocycles. The fraction of sp³-hybridized carbons (Fsp3) is 0.611. The Labute approximate surface area is 162 Å². The third-order valence-corrected chi connectivity index (χ3v) is 4.65. The van der Waals surface area contributed by atoms with Crippen molar-refractivity contribution in [2.45, 2.75) is 58.2 Å². The summed E-state index contributed by atoms with van der Waals surface area (Å²) in [5.41, 5.74) is 1.08. The van der Waals surface area contributed by atoms with Crippen LogP contribution in [-0.4, -0.2) is 56.7 Å². The second-order valence-corrected chi connectivity index (χ2v) is 8.03. The Morgan fingerprint density at radius 3 is 2.61 bits per heavy atom. The van der Waals surface area contributed by atoms with E-state index in [0.29, 0.717) is 18.5 Å². The average molecular weight is 391 g/mol. The summed E-state index contributed by atoms with van der Waals surface area (Å²) in [6.07, 6.45) is 0.515. The Morgan fingerprint density at radius 2 is 1.96 bits per heavy atom. The summed E-state index contributed by atoms with van der Waals surface area (Å²) in [5, 5.41) is 9.14. The summed E-state index contributed by atoms with van der Waals surface area (Å²) in [4.78, 5) is 49.8. The molecule has 0 aromatic carbocycles. The zero-order valence-corrected chi connectivity index (χ0v) is 16.5. The zero-order valence-electron chi connectivity index (χ0n) is 16.5. The number of imide groups is 1. The lowest BCUT2D eigenvalue weighted by atomic mass is 10.0. The van der Waals surface area contributed by atoms with Gasteiger partial charge in [0.25, 0.3) is 5.91 Å². The van der Waals surface area contributed by atoms with Gasteiger partial charge >= 0.3 is 6.09 Å². The fourth-order valence-electron chi connectivity index (χ4n) is 3.31. The number of nitrogens with zero attached hydrogens (tertiary/aromatic N) is 3. The molecule has 0 saturated carbocycles. The fourth-order valence-corrected chi connectivity index (χ4v) is 3.31. The zero-order chi connectivity index (χ0) is 20.6. The van der Waals surface area contributed by atoms with Crippen molar-refractivity contribution in [3.8, 4) is 0 Å². The highest BCUT2D eigenvalue weighted by molar-refractivity contribution is 6.03. The van der Waals surface area contributed by atoms with E-state index in [0.717, 1.165) is 5.69 Å². The molecule has 1 fully saturated rings. The first-order valence-corrected chi connectivity index (χ1v) is 9.22. The van der Waals surface area contributed by atoms with E-state index in [2.05, 4.69) is 15.7 Å². The highest BCUT2D eigenvalue weighted by atomic mass is 16.6. The highest BCUT2D eigenvalue weighted by Crippen LogP contribution is 2.24. The van der Waals surface area contributed by atoms with Crippen LogP contribution in [0.1, 0.15) is 55.4 Å². The van der Waals surface area contributed by atoms with Gasteiger partial charge in [-0.25, -0.2) is 4.79 Å². The molecule has 28 heavy (non-hydrogen) atoms. The van der Waals surface area contributed by atoms with E-state index in [1.54, 1.807) is 32.5 Å². The van der Waals surface area contributed by atoms with Crippen LogP contribution in [0.5, 0.6) is 0 Å². The lowest BCUT2D eigenvalue weighted by molar-refractivity contribution is -0.134. The van der Waals surface area contributed by atoms with E-state index >= 15 is 0 Å². The summed E-state index contributed by atoms with van der Waals surface area (Å²) in [6.45, 7) is 6.06. The smallest absolute Gasteiger partial charge is 0.410 e. The SMILES string of the molecule is Cn1nc(C(=O)N[C@H]2CCC(=O)NC2=O)c2c1CCN(C(=O)OC(C)(C)C)C2. The maximum absolute atomic E-state index is 12.7. The van der Waals surface area contributed by atoms with E-state index in [9.17, 15) is 19.2 Å². The molecule has 0 unspecified atom stereocenters. The molecule has 3 rings (SSSR count). The molecule has 0 spiro atoms. The standard InChI is InChI=1S/C18H25N5O5/c1-18(2,3)28-17(27)23-8-7-12-10(9-23)14(21-22(12)4)16(26)19-11-5-6-13(24)20-15(11)25/h11H,5-9H2,1-4H3,(H,19,26)(H,20,24,25)/t11-/m0/s1. The summed E-state index contributed by atoms with van der Waals surface area (Å²) < 4.78 is 7.05. The molecule has 3 heterocycles. The second-order valence-electron chi connectivity index (χ2n) is 8.03. The number of ether oxygens (including phenoxy) is 1. The van der Waals surface area contributed by atoms with Gasteiger partial charge in [-0.15, -0.1) is 0 Å². The van der Waals surface area contributed by atoms with Crippen molar-refractivity contribution in [2.24, 2.45) is 7.05 Å². The summed E-state index contributed by atoms with van der Waals surface area (Å²) in [5.74, 6) is -1.37. The molecule has 1 saturated heterocycles. The number of aromatic nitrogens is 2. The van der Waals surface area contributed by atoms with Gasteiger partial charge in [-0.2, -0.15) is 5.10 Å². The Hall–Kier alpha value is -2.91. The van der Waals surface area contributed by atoms with E-state index in [4.69, 9.17) is 4.74 Å². The Kier molecular flexibility index (Phi) is 5.14. The van der Waals surface area contributed by atoms with Crippen molar-refractivity contribution in [1.29, 1.82) is 0 Å². The molecule has 1 atom stereocenters. The lowest BCUT2D eigenvalue weighted by Gasteiger charge is -2.30. The largest absolute Gasteiger partial charge is 0.444 e. The first kappa shape index (κ1) is 19.8. The number of fused-ring (bicyclic) bond motifs is 1. The van der Waals surface area contributed by atoms with Gasteiger partial charge in [0.15, 0.2) is 5.69 Å². The number of carbonyl (C=O) groups excluding carboxylic acids is 4. The van der Waals surface area contributed by atoms with Crippen LogP contribution in [0.25, 0.3) is 0 Å². The number of aryl methyl sites for hydroxylation is 1. The molecule has 4 amide bonds. The molecule has 0 aliphatic carbocycles. The van der Waals surface area contributed by atoms with E-state index < -0.39 is 29.6 Å². The first-order valence-electron chi connectivity index (χ1n) is 9.22. The van der Waals surface area contributed by atoms with Crippen LogP contribution >= 0.6 is 0 Å². The number of piperidine rings is 1. The molecule has 152 valence electrons. The molecule has 2 aliphatic rings. The minimum atomic E-state index is -0.784. The van der Waals surface area contributed by atoms with Gasteiger partial charge in [0, 0.05) is 37.7 Å². The maximum atomic E-state index is 12.7. The van der Waals surface area contributed by atoms with Gasteiger partial charge < -0.3 is 15.0 Å². The summed E-state index contributed by atoms with van der Waals surface area (Å²) in [6, 6.07) is -0.784. The van der Waals surface area contributed by atoms with E-state index in [1.807, 2.05) is 0 Å². The van der Waals surface area contributed by atoms with Crippen molar-refractivity contribution in [3.63, 3.8) is 0 Å². The third kappa shape index (κ3) is 4.15. The number of hydrogen-bond donors (Lipinski definition) is 2. The number of hydrogen-bond acceptors (Lipinski definition) is 6. The van der Waals surface area contributed by atoms with Crippen molar-refractivity contribution in [1.82, 2.24) is 25.3 Å². The van der Waals surface area contributed by atoms with Crippen molar-refractivity contribution < 1.29 is 23.9 Å². The number of nitrogens with one attached hydrogen (secondary N) is 2. The van der Waals surface area contributed by atoms with E-state index in [-0.39, 0.29) is 31.0 Å². The van der Waals surface area contributed by atoms with Crippen LogP contribution in [0.3, 0.4) is 0 Å². The topological polar surface area (TPSA) is 123 Å². The predicted octanol–water partition coefficient (Wildman–Crippen LogP) is 0.248. The lowest BCUT2D eigenvalue weighted by Crippen LogP contribution is -2.52. The molecular weight excluding hydrogens is 366 g/mol. The maximum Gasteiger partial charge on any atom is 0.410 e. The number of carbonyl (C=O) groups is 4. The minimum Gasteiger partial charge on any atom is -0.444 e. The summed E-state index contributed by atoms with van der Waals surface area (Å²) >= 11 is 0. The van der Waals surface area contributed by atoms with Gasteiger partial charge in [0.1, 0.15) is 11.6 Å². The highest BCUT2D eigenvalue weighted by Gasteiger charge is 2.34. The molecule has 2 N–H and O–H groups in total. The third-order valence-electron chi connectivity index (χ3n) is 4.65. The Bertz CT molecular complexity index is 838. The van der Waals surface area contributed by atoms with Crippen molar-refractivity contribution >= 4 is 23.8 Å². The Morgan fingerprint density at radius 1 is 1.25 bits per heavy atom. The summed E-state index contributed by atoms with van der Waals surface area (Å²) in [7, 11) is 1.74. The van der Waals surface area contributed by atoms with Crippen LogP contribution in [-0.2, 0) is 34.3 Å². The van der Waals surface area contributed by atoms with Gasteiger partial charge in [0.05, 0.1) is 6.54 Å². The predicted molar refractivity (Wildman–Crippen MR) is 97.2 cm³/mol. The second kappa shape index (κ2) is 7.25. The van der Waals surface area contributed by atoms with Gasteiger partial charge in [-0.05, 0) is 27.2 Å². The number of rotatable bonds is 2. The Balaban J connectivity index is 1.76. The number of amides is 4. The first-order chi connectivity index (χ1) is 13.0. The van der Waals surface area contributed by atoms with Crippen molar-refractivity contribution in [3.05, 3.63) is 17.0 Å². The van der Waals surface area contributed by atoms with Crippen molar-refractivity contribution in [2.75, 3.05) is 6.54 Å². The van der Waals surface area contributed by atoms with Gasteiger partial charge in [-0.3, -0.25) is 24.4 Å². The quantitative estimate of drug-likeness (QED) is 0.697. The van der Waals surface area contributed by atoms with Crippen LogP contribution in [0.4, 0.5) is 4.79 Å². The van der Waals surface area contributed by atoms with Crippen LogP contribution in [0, 0.1) is 0 Å². The molecule has 0 radical (unpaired) electrons. The normalized spacial score (nSPS) is 19.7. The van der Waals surface area contributed by atoms with Gasteiger partial charge in [0.2, 0.25) is 11.8 Å². The molecule has 1 aromatic rings. The minimum absolute atomic E-state index is 0.170. The van der Waals surface area contributed by atoms with Crippen LogP contribution in [0.15, 0.2) is 0 Å². The monoisotopic (exact) mass is 391 g/mol. The molecule has 2 aliphatic heterocycles. The van der Waals surface area contributed by atoms with E-state index in [1.165, 1.54) is 4.90 Å². The molecule has 10 nitrogen and oxygen atoms in total. The molecule has 0 bridgehead atoms. The molecular formula is C18H25N5O5.